The minimum atomic E-state index is -0.370. The van der Waals surface area contributed by atoms with Crippen LogP contribution >= 0.6 is 0 Å². The Morgan fingerprint density at radius 1 is 1.67 bits per heavy atom. The second-order valence-corrected chi connectivity index (χ2v) is 3.86. The summed E-state index contributed by atoms with van der Waals surface area (Å²) < 4.78 is 4.78. The van der Waals surface area contributed by atoms with E-state index in [-0.39, 0.29) is 12.1 Å². The topological polar surface area (TPSA) is 58.6 Å². The van der Waals surface area contributed by atoms with Crippen LogP contribution in [-0.4, -0.2) is 36.9 Å². The number of carbonyl (C=O) groups is 1. The molecule has 0 radical (unpaired) electrons. The van der Waals surface area contributed by atoms with Crippen LogP contribution < -0.4 is 5.32 Å². The lowest BCUT2D eigenvalue weighted by Crippen LogP contribution is -2.31. The highest BCUT2D eigenvalue weighted by Crippen LogP contribution is 2.32. The van der Waals surface area contributed by atoms with E-state index < -0.39 is 0 Å². The molecule has 1 atom stereocenters. The summed E-state index contributed by atoms with van der Waals surface area (Å²) in [6.07, 6.45) is 1.93. The maximum Gasteiger partial charge on any atom is 0.334 e. The fourth-order valence-corrected chi connectivity index (χ4v) is 1.32. The first-order valence-electron chi connectivity index (χ1n) is 5.38. The van der Waals surface area contributed by atoms with Crippen LogP contribution in [0.5, 0.6) is 0 Å². The number of ether oxygens (including phenoxy) is 1. The van der Waals surface area contributed by atoms with Crippen molar-refractivity contribution in [2.75, 3.05) is 19.7 Å². The SMILES string of the molecule is C=C(CNCC(O)C1CC1)C(=O)OCC. The number of rotatable bonds is 7. The molecule has 2 N–H and O–H groups in total. The molecular weight excluding hydrogens is 194 g/mol. The Morgan fingerprint density at radius 2 is 2.33 bits per heavy atom. The molecule has 0 aromatic rings. The first kappa shape index (κ1) is 12.2. The molecule has 4 heteroatoms. The van der Waals surface area contributed by atoms with Gasteiger partial charge >= 0.3 is 5.97 Å². The highest BCUT2D eigenvalue weighted by atomic mass is 16.5. The molecule has 0 saturated heterocycles. The smallest absolute Gasteiger partial charge is 0.334 e. The third kappa shape index (κ3) is 4.44. The molecule has 1 aliphatic rings. The van der Waals surface area contributed by atoms with Crippen LogP contribution in [0.25, 0.3) is 0 Å². The predicted molar refractivity (Wildman–Crippen MR) is 57.4 cm³/mol. The molecule has 0 spiro atoms. The van der Waals surface area contributed by atoms with Gasteiger partial charge in [0.15, 0.2) is 0 Å². The van der Waals surface area contributed by atoms with Crippen LogP contribution in [0, 0.1) is 5.92 Å². The summed E-state index contributed by atoms with van der Waals surface area (Å²) in [6.45, 7) is 6.63. The number of hydrogen-bond acceptors (Lipinski definition) is 4. The van der Waals surface area contributed by atoms with Crippen molar-refractivity contribution in [3.8, 4) is 0 Å². The van der Waals surface area contributed by atoms with Crippen molar-refractivity contribution in [1.29, 1.82) is 0 Å². The normalized spacial score (nSPS) is 17.2. The molecule has 0 heterocycles. The predicted octanol–water partition coefficient (Wildman–Crippen LogP) is 0.466. The number of hydrogen-bond donors (Lipinski definition) is 2. The van der Waals surface area contributed by atoms with Crippen LogP contribution in [0.1, 0.15) is 19.8 Å². The van der Waals surface area contributed by atoms with Crippen molar-refractivity contribution in [1.82, 2.24) is 5.32 Å². The van der Waals surface area contributed by atoms with Crippen molar-refractivity contribution in [3.63, 3.8) is 0 Å². The molecule has 1 fully saturated rings. The van der Waals surface area contributed by atoms with Crippen molar-refractivity contribution in [2.45, 2.75) is 25.9 Å². The van der Waals surface area contributed by atoms with E-state index in [9.17, 15) is 9.90 Å². The van der Waals surface area contributed by atoms with Gasteiger partial charge in [-0.25, -0.2) is 4.79 Å². The van der Waals surface area contributed by atoms with E-state index in [0.29, 0.717) is 31.2 Å². The molecule has 15 heavy (non-hydrogen) atoms. The van der Waals surface area contributed by atoms with Gasteiger partial charge in [0.1, 0.15) is 0 Å². The minimum Gasteiger partial charge on any atom is -0.463 e. The summed E-state index contributed by atoms with van der Waals surface area (Å²) in [5.41, 5.74) is 0.403. The zero-order chi connectivity index (χ0) is 11.3. The van der Waals surface area contributed by atoms with Gasteiger partial charge in [-0.15, -0.1) is 0 Å². The van der Waals surface area contributed by atoms with Crippen LogP contribution in [0.4, 0.5) is 0 Å². The Labute approximate surface area is 90.3 Å². The number of aliphatic hydroxyl groups is 1. The Morgan fingerprint density at radius 3 is 2.87 bits per heavy atom. The Kier molecular flexibility index (Phi) is 4.78. The van der Waals surface area contributed by atoms with Crippen molar-refractivity contribution in [2.24, 2.45) is 5.92 Å². The summed E-state index contributed by atoms with van der Waals surface area (Å²) in [5.74, 6) is 0.0827. The van der Waals surface area contributed by atoms with Gasteiger partial charge in [0.25, 0.3) is 0 Å². The van der Waals surface area contributed by atoms with Gasteiger partial charge in [0.05, 0.1) is 12.7 Å². The lowest BCUT2D eigenvalue weighted by atomic mass is 10.2. The Bertz CT molecular complexity index is 236. The van der Waals surface area contributed by atoms with E-state index in [1.165, 1.54) is 0 Å². The average molecular weight is 213 g/mol. The van der Waals surface area contributed by atoms with Gasteiger partial charge in [-0.3, -0.25) is 0 Å². The standard InChI is InChI=1S/C11H19NO3/c1-3-15-11(14)8(2)6-12-7-10(13)9-4-5-9/h9-10,12-13H,2-7H2,1H3. The van der Waals surface area contributed by atoms with Gasteiger partial charge in [0.2, 0.25) is 0 Å². The molecule has 1 aliphatic carbocycles. The molecular formula is C11H19NO3. The largest absolute Gasteiger partial charge is 0.463 e. The lowest BCUT2D eigenvalue weighted by molar-refractivity contribution is -0.138. The Hall–Kier alpha value is -0.870. The van der Waals surface area contributed by atoms with Gasteiger partial charge in [-0.2, -0.15) is 0 Å². The summed E-state index contributed by atoms with van der Waals surface area (Å²) >= 11 is 0. The monoisotopic (exact) mass is 213 g/mol. The molecule has 0 aliphatic heterocycles. The van der Waals surface area contributed by atoms with Gasteiger partial charge in [0, 0.05) is 18.7 Å². The van der Waals surface area contributed by atoms with E-state index in [0.717, 1.165) is 12.8 Å². The number of carbonyl (C=O) groups excluding carboxylic acids is 1. The second kappa shape index (κ2) is 5.88. The quantitative estimate of drug-likeness (QED) is 0.476. The molecule has 0 amide bonds. The van der Waals surface area contributed by atoms with Gasteiger partial charge in [-0.1, -0.05) is 6.58 Å². The first-order chi connectivity index (χ1) is 7.15. The van der Waals surface area contributed by atoms with E-state index in [1.54, 1.807) is 6.92 Å². The van der Waals surface area contributed by atoms with E-state index >= 15 is 0 Å². The third-order valence-electron chi connectivity index (χ3n) is 2.42. The fraction of sp³-hybridized carbons (Fsp3) is 0.727. The molecule has 1 rings (SSSR count). The molecule has 86 valence electrons. The van der Waals surface area contributed by atoms with Gasteiger partial charge < -0.3 is 15.2 Å². The summed E-state index contributed by atoms with van der Waals surface area (Å²) in [7, 11) is 0. The minimum absolute atomic E-state index is 0.292. The summed E-state index contributed by atoms with van der Waals surface area (Å²) in [4.78, 5) is 11.1. The van der Waals surface area contributed by atoms with E-state index in [2.05, 4.69) is 11.9 Å². The Balaban J connectivity index is 2.07. The van der Waals surface area contributed by atoms with Crippen molar-refractivity contribution in [3.05, 3.63) is 12.2 Å². The van der Waals surface area contributed by atoms with Gasteiger partial charge in [-0.05, 0) is 25.7 Å². The zero-order valence-corrected chi connectivity index (χ0v) is 9.16. The molecule has 0 bridgehead atoms. The number of nitrogens with one attached hydrogen (secondary N) is 1. The second-order valence-electron chi connectivity index (χ2n) is 3.86. The van der Waals surface area contributed by atoms with E-state index in [1.807, 2.05) is 0 Å². The van der Waals surface area contributed by atoms with Crippen molar-refractivity contribution < 1.29 is 14.6 Å². The van der Waals surface area contributed by atoms with Crippen LogP contribution in [0.2, 0.25) is 0 Å². The maximum absolute atomic E-state index is 11.1. The highest BCUT2D eigenvalue weighted by Gasteiger charge is 2.29. The average Bonchev–Trinajstić information content (AvgIpc) is 3.00. The van der Waals surface area contributed by atoms with Crippen LogP contribution in [0.3, 0.4) is 0 Å². The molecule has 4 nitrogen and oxygen atoms in total. The highest BCUT2D eigenvalue weighted by molar-refractivity contribution is 5.88. The van der Waals surface area contributed by atoms with Crippen molar-refractivity contribution >= 4 is 5.97 Å². The fourth-order valence-electron chi connectivity index (χ4n) is 1.32. The van der Waals surface area contributed by atoms with Crippen LogP contribution in [0.15, 0.2) is 12.2 Å². The van der Waals surface area contributed by atoms with Crippen LogP contribution in [-0.2, 0) is 9.53 Å². The molecule has 0 aromatic carbocycles. The molecule has 1 saturated carbocycles. The number of aliphatic hydroxyl groups excluding tert-OH is 1. The zero-order valence-electron chi connectivity index (χ0n) is 9.16. The van der Waals surface area contributed by atoms with E-state index in [4.69, 9.17) is 4.74 Å². The number of esters is 1. The third-order valence-corrected chi connectivity index (χ3v) is 2.42. The molecule has 1 unspecified atom stereocenters. The summed E-state index contributed by atoms with van der Waals surface area (Å²) in [6, 6.07) is 0. The lowest BCUT2D eigenvalue weighted by Gasteiger charge is -2.11. The summed E-state index contributed by atoms with van der Waals surface area (Å²) in [5, 5.41) is 12.5. The molecule has 0 aromatic heterocycles. The maximum atomic E-state index is 11.1. The first-order valence-corrected chi connectivity index (χ1v) is 5.38.